The van der Waals surface area contributed by atoms with Crippen LogP contribution < -0.4 is 19.0 Å². The van der Waals surface area contributed by atoms with Crippen LogP contribution >= 0.6 is 11.3 Å². The van der Waals surface area contributed by atoms with Crippen LogP contribution in [0.25, 0.3) is 10.2 Å². The maximum atomic E-state index is 12.8. The number of carbonyl (C=O) groups is 1. The minimum atomic E-state index is -0.308. The number of amides is 1. The normalized spacial score (nSPS) is 13.8. The summed E-state index contributed by atoms with van der Waals surface area (Å²) in [4.78, 5) is 17.8. The zero-order valence-corrected chi connectivity index (χ0v) is 16.3. The monoisotopic (exact) mass is 384 g/mol. The summed E-state index contributed by atoms with van der Waals surface area (Å²) in [6.45, 7) is 5.76. The number of thiazole rings is 1. The van der Waals surface area contributed by atoms with Gasteiger partial charge in [0, 0.05) is 12.1 Å². The molecule has 7 heteroatoms. The van der Waals surface area contributed by atoms with Crippen molar-refractivity contribution in [2.24, 2.45) is 4.99 Å². The molecule has 2 heterocycles. The number of methoxy groups -OCH3 is 1. The van der Waals surface area contributed by atoms with E-state index in [1.54, 1.807) is 25.3 Å². The van der Waals surface area contributed by atoms with E-state index in [0.717, 1.165) is 21.5 Å². The Hall–Kier alpha value is -2.80. The molecule has 6 nitrogen and oxygen atoms in total. The largest absolute Gasteiger partial charge is 0.495 e. The Labute approximate surface area is 160 Å². The highest BCUT2D eigenvalue weighted by Gasteiger charge is 2.16. The predicted molar refractivity (Wildman–Crippen MR) is 104 cm³/mol. The van der Waals surface area contributed by atoms with Gasteiger partial charge in [-0.3, -0.25) is 4.79 Å². The van der Waals surface area contributed by atoms with Crippen molar-refractivity contribution >= 4 is 27.5 Å². The van der Waals surface area contributed by atoms with Gasteiger partial charge >= 0.3 is 0 Å². The number of fused-ring (bicyclic) bond motifs is 2. The summed E-state index contributed by atoms with van der Waals surface area (Å²) in [6, 6.07) is 9.13. The second-order valence-corrected chi connectivity index (χ2v) is 7.14. The zero-order valence-electron chi connectivity index (χ0n) is 15.4. The van der Waals surface area contributed by atoms with Crippen molar-refractivity contribution in [2.75, 3.05) is 20.3 Å². The van der Waals surface area contributed by atoms with Crippen LogP contribution in [-0.2, 0) is 6.54 Å². The second kappa shape index (κ2) is 7.08. The third kappa shape index (κ3) is 3.08. The molecule has 1 aromatic heterocycles. The van der Waals surface area contributed by atoms with Gasteiger partial charge in [0.2, 0.25) is 0 Å². The molecule has 0 radical (unpaired) electrons. The van der Waals surface area contributed by atoms with Crippen molar-refractivity contribution in [1.82, 2.24) is 4.57 Å². The number of aryl methyl sites for hydroxylation is 2. The summed E-state index contributed by atoms with van der Waals surface area (Å²) in [7, 11) is 1.65. The molecule has 27 heavy (non-hydrogen) atoms. The molecule has 0 atom stereocenters. The van der Waals surface area contributed by atoms with Gasteiger partial charge in [-0.1, -0.05) is 17.4 Å². The molecule has 0 fully saturated rings. The number of benzene rings is 2. The number of rotatable bonds is 3. The molecule has 3 aromatic rings. The molecule has 140 valence electrons. The minimum absolute atomic E-state index is 0.308. The molecular formula is C20H20N2O4S. The molecule has 0 unspecified atom stereocenters. The third-order valence-corrected chi connectivity index (χ3v) is 5.72. The standard InChI is InChI=1S/C20H20N2O4S/c1-4-22-17-15(24-3)7-5-12(2)18(17)27-20(22)21-19(23)13-6-8-14-16(11-13)26-10-9-25-14/h5-8,11H,4,9-10H2,1-3H3. The van der Waals surface area contributed by atoms with Gasteiger partial charge in [-0.15, -0.1) is 0 Å². The number of ether oxygens (including phenoxy) is 3. The van der Waals surface area contributed by atoms with Crippen LogP contribution in [0.5, 0.6) is 17.2 Å². The molecule has 0 saturated carbocycles. The summed E-state index contributed by atoms with van der Waals surface area (Å²) in [6.07, 6.45) is 0. The highest BCUT2D eigenvalue weighted by molar-refractivity contribution is 7.16. The van der Waals surface area contributed by atoms with Crippen molar-refractivity contribution in [3.63, 3.8) is 0 Å². The highest BCUT2D eigenvalue weighted by Crippen LogP contribution is 2.32. The first-order chi connectivity index (χ1) is 13.1. The van der Waals surface area contributed by atoms with Crippen LogP contribution in [-0.4, -0.2) is 30.8 Å². The van der Waals surface area contributed by atoms with Gasteiger partial charge in [-0.25, -0.2) is 0 Å². The SMILES string of the molecule is CCn1c(=NC(=O)c2ccc3c(c2)OCCO3)sc2c(C)ccc(OC)c21. The number of nitrogens with zero attached hydrogens (tertiary/aromatic N) is 2. The maximum Gasteiger partial charge on any atom is 0.279 e. The molecule has 4 rings (SSSR count). The first-order valence-electron chi connectivity index (χ1n) is 8.78. The summed E-state index contributed by atoms with van der Waals surface area (Å²) in [5, 5.41) is 0. The van der Waals surface area contributed by atoms with Crippen molar-refractivity contribution in [1.29, 1.82) is 0 Å². The van der Waals surface area contributed by atoms with E-state index in [1.165, 1.54) is 11.3 Å². The van der Waals surface area contributed by atoms with Crippen LogP contribution in [0.15, 0.2) is 35.3 Å². The second-order valence-electron chi connectivity index (χ2n) is 6.17. The summed E-state index contributed by atoms with van der Waals surface area (Å²) in [5.74, 6) is 1.71. The molecule has 0 N–H and O–H groups in total. The summed E-state index contributed by atoms with van der Waals surface area (Å²) < 4.78 is 19.7. The number of hydrogen-bond acceptors (Lipinski definition) is 5. The van der Waals surface area contributed by atoms with Crippen LogP contribution in [0.3, 0.4) is 0 Å². The molecule has 0 bridgehead atoms. The third-order valence-electron chi connectivity index (χ3n) is 4.51. The van der Waals surface area contributed by atoms with Gasteiger partial charge in [-0.2, -0.15) is 4.99 Å². The lowest BCUT2D eigenvalue weighted by Gasteiger charge is -2.18. The molecule has 1 aliphatic rings. The van der Waals surface area contributed by atoms with E-state index in [-0.39, 0.29) is 5.91 Å². The molecule has 0 aliphatic carbocycles. The van der Waals surface area contributed by atoms with Gasteiger partial charge in [-0.05, 0) is 43.7 Å². The van der Waals surface area contributed by atoms with Gasteiger partial charge < -0.3 is 18.8 Å². The number of aromatic nitrogens is 1. The lowest BCUT2D eigenvalue weighted by Crippen LogP contribution is -2.17. The maximum absolute atomic E-state index is 12.8. The van der Waals surface area contributed by atoms with E-state index in [1.807, 2.05) is 30.5 Å². The average molecular weight is 384 g/mol. The quantitative estimate of drug-likeness (QED) is 0.693. The fourth-order valence-electron chi connectivity index (χ4n) is 3.15. The summed E-state index contributed by atoms with van der Waals surface area (Å²) in [5.41, 5.74) is 2.58. The van der Waals surface area contributed by atoms with Crippen molar-refractivity contribution in [3.8, 4) is 17.2 Å². The van der Waals surface area contributed by atoms with Crippen LogP contribution in [0.4, 0.5) is 0 Å². The van der Waals surface area contributed by atoms with Crippen LogP contribution in [0.2, 0.25) is 0 Å². The van der Waals surface area contributed by atoms with E-state index in [9.17, 15) is 4.79 Å². The van der Waals surface area contributed by atoms with Gasteiger partial charge in [0.1, 0.15) is 24.5 Å². The molecular weight excluding hydrogens is 364 g/mol. The Morgan fingerprint density at radius 2 is 2.00 bits per heavy atom. The smallest absolute Gasteiger partial charge is 0.279 e. The van der Waals surface area contributed by atoms with E-state index < -0.39 is 0 Å². The van der Waals surface area contributed by atoms with Crippen molar-refractivity contribution in [3.05, 3.63) is 46.3 Å². The van der Waals surface area contributed by atoms with Gasteiger partial charge in [0.15, 0.2) is 16.3 Å². The number of carbonyl (C=O) groups excluding carboxylic acids is 1. The first kappa shape index (κ1) is 17.6. The molecule has 0 saturated heterocycles. The molecule has 0 spiro atoms. The Morgan fingerprint density at radius 1 is 1.22 bits per heavy atom. The van der Waals surface area contributed by atoms with E-state index >= 15 is 0 Å². The number of hydrogen-bond donors (Lipinski definition) is 0. The fraction of sp³-hybridized carbons (Fsp3) is 0.300. The average Bonchev–Trinajstić information content (AvgIpc) is 3.07. The Bertz CT molecular complexity index is 1100. The highest BCUT2D eigenvalue weighted by atomic mass is 32.1. The lowest BCUT2D eigenvalue weighted by molar-refractivity contribution is 0.0996. The van der Waals surface area contributed by atoms with E-state index in [0.29, 0.717) is 41.6 Å². The Balaban J connectivity index is 1.83. The topological polar surface area (TPSA) is 62.1 Å². The first-order valence-corrected chi connectivity index (χ1v) is 9.59. The Morgan fingerprint density at radius 3 is 2.74 bits per heavy atom. The van der Waals surface area contributed by atoms with Gasteiger partial charge in [0.05, 0.1) is 11.8 Å². The van der Waals surface area contributed by atoms with Gasteiger partial charge in [0.25, 0.3) is 5.91 Å². The Kier molecular flexibility index (Phi) is 4.61. The van der Waals surface area contributed by atoms with E-state index in [4.69, 9.17) is 14.2 Å². The van der Waals surface area contributed by atoms with Crippen LogP contribution in [0.1, 0.15) is 22.8 Å². The van der Waals surface area contributed by atoms with Crippen molar-refractivity contribution in [2.45, 2.75) is 20.4 Å². The minimum Gasteiger partial charge on any atom is -0.495 e. The van der Waals surface area contributed by atoms with E-state index in [2.05, 4.69) is 4.99 Å². The molecule has 1 amide bonds. The molecule has 1 aliphatic heterocycles. The molecule has 2 aromatic carbocycles. The fourth-order valence-corrected chi connectivity index (χ4v) is 4.33. The van der Waals surface area contributed by atoms with Crippen molar-refractivity contribution < 1.29 is 19.0 Å². The predicted octanol–water partition coefficient (Wildman–Crippen LogP) is 3.55. The lowest BCUT2D eigenvalue weighted by atomic mass is 10.2. The van der Waals surface area contributed by atoms with Crippen LogP contribution in [0, 0.1) is 6.92 Å². The summed E-state index contributed by atoms with van der Waals surface area (Å²) >= 11 is 1.50. The zero-order chi connectivity index (χ0) is 19.0.